The summed E-state index contributed by atoms with van der Waals surface area (Å²) in [7, 11) is 2.10. The molecule has 3 rings (SSSR count). The summed E-state index contributed by atoms with van der Waals surface area (Å²) in [4.78, 5) is 6.31. The molecular weight excluding hydrogens is 292 g/mol. The summed E-state index contributed by atoms with van der Waals surface area (Å²) in [5.41, 5.74) is 2.33. The van der Waals surface area contributed by atoms with E-state index in [0.29, 0.717) is 6.61 Å². The van der Waals surface area contributed by atoms with Gasteiger partial charge in [0, 0.05) is 23.9 Å². The van der Waals surface area contributed by atoms with Gasteiger partial charge in [0.2, 0.25) is 0 Å². The van der Waals surface area contributed by atoms with E-state index in [9.17, 15) is 0 Å². The van der Waals surface area contributed by atoms with E-state index in [0.717, 1.165) is 15.9 Å². The van der Waals surface area contributed by atoms with Gasteiger partial charge >= 0.3 is 0 Å². The Bertz CT molecular complexity index is 559. The van der Waals surface area contributed by atoms with Gasteiger partial charge in [0.25, 0.3) is 0 Å². The minimum absolute atomic E-state index is 0.231. The van der Waals surface area contributed by atoms with Gasteiger partial charge in [0.05, 0.1) is 11.7 Å². The quantitative estimate of drug-likeness (QED) is 0.807. The summed E-state index contributed by atoms with van der Waals surface area (Å²) in [6.45, 7) is 0.662. The van der Waals surface area contributed by atoms with Gasteiger partial charge in [0.1, 0.15) is 12.4 Å². The second-order valence-electron chi connectivity index (χ2n) is 4.33. The maximum Gasteiger partial charge on any atom is 0.142 e. The summed E-state index contributed by atoms with van der Waals surface area (Å²) in [6.07, 6.45) is 3.64. The molecule has 0 aliphatic carbocycles. The van der Waals surface area contributed by atoms with Gasteiger partial charge in [-0.2, -0.15) is 0 Å². The molecule has 2 heterocycles. The summed E-state index contributed by atoms with van der Waals surface area (Å²) in [5, 5.41) is 0. The molecular formula is C14H13BrN2O. The standard InChI is InChI=1S/C14H13BrN2O/c1-17-12-8-11(15)2-3-14(12)18-9-13(17)10-4-6-16-7-5-10/h2-8,13H,9H2,1H3. The van der Waals surface area contributed by atoms with Gasteiger partial charge in [-0.25, -0.2) is 0 Å². The minimum Gasteiger partial charge on any atom is -0.489 e. The first-order valence-electron chi connectivity index (χ1n) is 5.81. The minimum atomic E-state index is 0.231. The van der Waals surface area contributed by atoms with Crippen molar-refractivity contribution in [3.63, 3.8) is 0 Å². The lowest BCUT2D eigenvalue weighted by Gasteiger charge is -2.36. The summed E-state index contributed by atoms with van der Waals surface area (Å²) >= 11 is 3.50. The van der Waals surface area contributed by atoms with Crippen molar-refractivity contribution in [2.45, 2.75) is 6.04 Å². The van der Waals surface area contributed by atoms with Crippen molar-refractivity contribution in [2.75, 3.05) is 18.6 Å². The maximum atomic E-state index is 5.83. The molecule has 18 heavy (non-hydrogen) atoms. The van der Waals surface area contributed by atoms with Crippen LogP contribution in [0, 0.1) is 0 Å². The molecule has 3 nitrogen and oxygen atoms in total. The molecule has 4 heteroatoms. The second kappa shape index (κ2) is 4.61. The number of hydrogen-bond donors (Lipinski definition) is 0. The Morgan fingerprint density at radius 1 is 1.28 bits per heavy atom. The first-order chi connectivity index (χ1) is 8.75. The van der Waals surface area contributed by atoms with Crippen LogP contribution in [0.2, 0.25) is 0 Å². The van der Waals surface area contributed by atoms with Crippen molar-refractivity contribution >= 4 is 21.6 Å². The van der Waals surface area contributed by atoms with E-state index in [1.807, 2.05) is 36.7 Å². The lowest BCUT2D eigenvalue weighted by molar-refractivity contribution is 0.268. The third kappa shape index (κ3) is 1.97. The Kier molecular flexibility index (Phi) is 2.96. The number of hydrogen-bond acceptors (Lipinski definition) is 3. The highest BCUT2D eigenvalue weighted by Gasteiger charge is 2.25. The zero-order valence-corrected chi connectivity index (χ0v) is 11.6. The Labute approximate surface area is 115 Å². The largest absolute Gasteiger partial charge is 0.489 e. The van der Waals surface area contributed by atoms with Crippen molar-refractivity contribution in [1.29, 1.82) is 0 Å². The Hall–Kier alpha value is -1.55. The average molecular weight is 305 g/mol. The SMILES string of the molecule is CN1c2cc(Br)ccc2OCC1c1ccncc1. The van der Waals surface area contributed by atoms with Crippen LogP contribution in [0.15, 0.2) is 47.2 Å². The predicted octanol–water partition coefficient (Wildman–Crippen LogP) is 3.41. The molecule has 0 saturated carbocycles. The molecule has 0 radical (unpaired) electrons. The Morgan fingerprint density at radius 3 is 2.83 bits per heavy atom. The lowest BCUT2D eigenvalue weighted by atomic mass is 10.1. The average Bonchev–Trinajstić information content (AvgIpc) is 2.41. The van der Waals surface area contributed by atoms with E-state index in [-0.39, 0.29) is 6.04 Å². The number of halogens is 1. The molecule has 0 spiro atoms. The third-order valence-electron chi connectivity index (χ3n) is 3.26. The van der Waals surface area contributed by atoms with Gasteiger partial charge < -0.3 is 9.64 Å². The van der Waals surface area contributed by atoms with Crippen LogP contribution in [-0.4, -0.2) is 18.6 Å². The number of benzene rings is 1. The summed E-state index contributed by atoms with van der Waals surface area (Å²) in [5.74, 6) is 0.936. The van der Waals surface area contributed by atoms with E-state index in [1.54, 1.807) is 0 Å². The molecule has 1 atom stereocenters. The molecule has 1 aromatic heterocycles. The first-order valence-corrected chi connectivity index (χ1v) is 6.60. The van der Waals surface area contributed by atoms with E-state index in [4.69, 9.17) is 4.74 Å². The lowest BCUT2D eigenvalue weighted by Crippen LogP contribution is -2.33. The normalized spacial score (nSPS) is 18.1. The van der Waals surface area contributed by atoms with E-state index in [2.05, 4.69) is 38.9 Å². The highest BCUT2D eigenvalue weighted by Crippen LogP contribution is 2.39. The molecule has 0 fully saturated rings. The Morgan fingerprint density at radius 2 is 2.06 bits per heavy atom. The van der Waals surface area contributed by atoms with Gasteiger partial charge in [-0.3, -0.25) is 4.98 Å². The molecule has 0 N–H and O–H groups in total. The second-order valence-corrected chi connectivity index (χ2v) is 5.25. The number of fused-ring (bicyclic) bond motifs is 1. The topological polar surface area (TPSA) is 25.4 Å². The van der Waals surface area contributed by atoms with Crippen molar-refractivity contribution in [3.05, 3.63) is 52.8 Å². The molecule has 2 aromatic rings. The molecule has 0 amide bonds. The molecule has 92 valence electrons. The van der Waals surface area contributed by atoms with Gasteiger partial charge in [-0.15, -0.1) is 0 Å². The first kappa shape index (κ1) is 11.5. The highest BCUT2D eigenvalue weighted by molar-refractivity contribution is 9.10. The van der Waals surface area contributed by atoms with Crippen molar-refractivity contribution in [2.24, 2.45) is 0 Å². The smallest absolute Gasteiger partial charge is 0.142 e. The van der Waals surface area contributed by atoms with Crippen LogP contribution < -0.4 is 9.64 Å². The highest BCUT2D eigenvalue weighted by atomic mass is 79.9. The van der Waals surface area contributed by atoms with Gasteiger partial charge in [-0.05, 0) is 35.9 Å². The fraction of sp³-hybridized carbons (Fsp3) is 0.214. The molecule has 0 bridgehead atoms. The fourth-order valence-electron chi connectivity index (χ4n) is 2.24. The number of rotatable bonds is 1. The number of nitrogens with zero attached hydrogens (tertiary/aromatic N) is 2. The molecule has 1 aliphatic heterocycles. The summed E-state index contributed by atoms with van der Waals surface area (Å²) < 4.78 is 6.90. The molecule has 0 saturated heterocycles. The third-order valence-corrected chi connectivity index (χ3v) is 3.75. The van der Waals surface area contributed by atoms with Crippen LogP contribution >= 0.6 is 15.9 Å². The van der Waals surface area contributed by atoms with Gasteiger partial charge in [0.15, 0.2) is 0 Å². The number of pyridine rings is 1. The van der Waals surface area contributed by atoms with Crippen LogP contribution in [0.4, 0.5) is 5.69 Å². The number of likely N-dealkylation sites (N-methyl/N-ethyl adjacent to an activating group) is 1. The fourth-order valence-corrected chi connectivity index (χ4v) is 2.59. The van der Waals surface area contributed by atoms with Crippen LogP contribution in [0.5, 0.6) is 5.75 Å². The van der Waals surface area contributed by atoms with E-state index >= 15 is 0 Å². The zero-order valence-electron chi connectivity index (χ0n) is 10.0. The van der Waals surface area contributed by atoms with Crippen molar-refractivity contribution in [3.8, 4) is 5.75 Å². The van der Waals surface area contributed by atoms with Crippen LogP contribution in [0.25, 0.3) is 0 Å². The monoisotopic (exact) mass is 304 g/mol. The molecule has 1 aliphatic rings. The molecule has 1 aromatic carbocycles. The number of aromatic nitrogens is 1. The maximum absolute atomic E-state index is 5.83. The summed E-state index contributed by atoms with van der Waals surface area (Å²) in [6, 6.07) is 10.4. The number of ether oxygens (including phenoxy) is 1. The van der Waals surface area contributed by atoms with Crippen molar-refractivity contribution in [1.82, 2.24) is 4.98 Å². The van der Waals surface area contributed by atoms with E-state index < -0.39 is 0 Å². The van der Waals surface area contributed by atoms with E-state index in [1.165, 1.54) is 5.56 Å². The Balaban J connectivity index is 1.99. The predicted molar refractivity (Wildman–Crippen MR) is 75.0 cm³/mol. The van der Waals surface area contributed by atoms with Crippen LogP contribution in [-0.2, 0) is 0 Å². The van der Waals surface area contributed by atoms with Crippen LogP contribution in [0.1, 0.15) is 11.6 Å². The van der Waals surface area contributed by atoms with Gasteiger partial charge in [-0.1, -0.05) is 15.9 Å². The molecule has 1 unspecified atom stereocenters. The number of anilines is 1. The van der Waals surface area contributed by atoms with Crippen molar-refractivity contribution < 1.29 is 4.74 Å². The van der Waals surface area contributed by atoms with Crippen LogP contribution in [0.3, 0.4) is 0 Å². The zero-order chi connectivity index (χ0) is 12.5.